The van der Waals surface area contributed by atoms with E-state index < -0.39 is 19.3 Å². The lowest BCUT2D eigenvalue weighted by atomic mass is 10.1. The Balaban J connectivity index is 1.74. The molecule has 0 saturated carbocycles. The molecule has 1 aromatic heterocycles. The molecule has 1 unspecified atom stereocenters. The molecule has 1 amide bonds. The number of aromatic nitrogens is 1. The van der Waals surface area contributed by atoms with Gasteiger partial charge in [-0.25, -0.2) is 4.57 Å². The third kappa shape index (κ3) is 6.93. The van der Waals surface area contributed by atoms with Crippen LogP contribution in [0.4, 0.5) is 0 Å². The van der Waals surface area contributed by atoms with Gasteiger partial charge in [-0.15, -0.1) is 0 Å². The minimum absolute atomic E-state index is 0.135. The molecule has 0 saturated heterocycles. The van der Waals surface area contributed by atoms with Gasteiger partial charge >= 0.3 is 7.60 Å². The normalized spacial score (nSPS) is 12.0. The van der Waals surface area contributed by atoms with Crippen molar-refractivity contribution in [2.45, 2.75) is 5.78 Å². The molecule has 4 rings (SSSR count). The van der Waals surface area contributed by atoms with Crippen molar-refractivity contribution in [3.63, 3.8) is 0 Å². The highest BCUT2D eigenvalue weighted by molar-refractivity contribution is 7.55. The average Bonchev–Trinajstić information content (AvgIpc) is 2.92. The fourth-order valence-electron chi connectivity index (χ4n) is 3.41. The van der Waals surface area contributed by atoms with Gasteiger partial charge in [0.05, 0.1) is 5.56 Å². The standard InChI is InChI=1S/C28H25N4O4P/c29-27(30)22-14-16-23(17-15-22)28(32-26(33)18-13-21-8-7-19-31-20-21)37(34,35-24-9-3-1-4-10-24)36-25-11-5-2-6-12-25/h1-20,28H,(H3,29,30)(H,32,33)/p+1/b18-13+. The average molecular weight is 514 g/mol. The number of pyridine rings is 1. The van der Waals surface area contributed by atoms with Crippen LogP contribution in [0.1, 0.15) is 22.5 Å². The lowest BCUT2D eigenvalue weighted by Crippen LogP contribution is -2.46. The summed E-state index contributed by atoms with van der Waals surface area (Å²) < 4.78 is 26.5. The number of nitrogens with one attached hydrogen (secondary N) is 1. The maximum Gasteiger partial charge on any atom is 0.457 e. The van der Waals surface area contributed by atoms with Crippen molar-refractivity contribution in [2.24, 2.45) is 5.73 Å². The van der Waals surface area contributed by atoms with Crippen LogP contribution in [0.25, 0.3) is 6.08 Å². The molecule has 0 aliphatic rings. The zero-order chi connectivity index (χ0) is 26.1. The first kappa shape index (κ1) is 25.4. The van der Waals surface area contributed by atoms with Crippen LogP contribution in [0.2, 0.25) is 0 Å². The smallest absolute Gasteiger partial charge is 0.414 e. The number of nitrogens with zero attached hydrogens (tertiary/aromatic N) is 1. The molecule has 1 atom stereocenters. The maximum absolute atomic E-state index is 14.5. The highest BCUT2D eigenvalue weighted by Crippen LogP contribution is 2.59. The Hall–Kier alpha value is -4.68. The second kappa shape index (κ2) is 11.8. The van der Waals surface area contributed by atoms with E-state index in [2.05, 4.69) is 10.3 Å². The van der Waals surface area contributed by atoms with Gasteiger partial charge in [0.25, 0.3) is 5.84 Å². The van der Waals surface area contributed by atoms with Crippen molar-refractivity contribution < 1.29 is 23.8 Å². The Morgan fingerprint density at radius 1 is 0.892 bits per heavy atom. The molecule has 0 aliphatic heterocycles. The van der Waals surface area contributed by atoms with Crippen molar-refractivity contribution in [1.29, 1.82) is 0 Å². The zero-order valence-corrected chi connectivity index (χ0v) is 20.7. The van der Waals surface area contributed by atoms with E-state index in [1.165, 1.54) is 6.08 Å². The minimum Gasteiger partial charge on any atom is -0.414 e. The second-order valence-electron chi connectivity index (χ2n) is 7.96. The van der Waals surface area contributed by atoms with Crippen LogP contribution in [0.15, 0.2) is 116 Å². The van der Waals surface area contributed by atoms with Crippen LogP contribution < -0.4 is 25.5 Å². The lowest BCUT2D eigenvalue weighted by Gasteiger charge is -2.28. The predicted molar refractivity (Wildman–Crippen MR) is 143 cm³/mol. The summed E-state index contributed by atoms with van der Waals surface area (Å²) in [7, 11) is -4.13. The van der Waals surface area contributed by atoms with Crippen molar-refractivity contribution in [1.82, 2.24) is 10.3 Å². The van der Waals surface area contributed by atoms with Crippen LogP contribution >= 0.6 is 7.60 Å². The number of carbonyl (C=O) groups excluding carboxylic acids is 1. The fourth-order valence-corrected chi connectivity index (χ4v) is 5.31. The van der Waals surface area contributed by atoms with Crippen LogP contribution in [-0.2, 0) is 9.36 Å². The molecule has 3 aromatic carbocycles. The number of para-hydroxylation sites is 2. The van der Waals surface area contributed by atoms with Crippen LogP contribution in [-0.4, -0.2) is 16.7 Å². The van der Waals surface area contributed by atoms with E-state index in [-0.39, 0.29) is 5.84 Å². The van der Waals surface area contributed by atoms with Crippen molar-refractivity contribution in [2.75, 3.05) is 0 Å². The van der Waals surface area contributed by atoms with E-state index in [1.807, 2.05) is 18.2 Å². The van der Waals surface area contributed by atoms with Gasteiger partial charge in [0, 0.05) is 18.5 Å². The number of hydrogen-bond acceptors (Lipinski definition) is 5. The summed E-state index contributed by atoms with van der Waals surface area (Å²) in [5.41, 5.74) is 7.51. The van der Waals surface area contributed by atoms with Gasteiger partial charge in [-0.3, -0.25) is 20.9 Å². The third-order valence-electron chi connectivity index (χ3n) is 5.22. The van der Waals surface area contributed by atoms with E-state index in [0.717, 1.165) is 5.56 Å². The van der Waals surface area contributed by atoms with Crippen molar-refractivity contribution in [3.8, 4) is 11.5 Å². The second-order valence-corrected chi connectivity index (χ2v) is 9.92. The maximum atomic E-state index is 14.5. The zero-order valence-electron chi connectivity index (χ0n) is 19.8. The van der Waals surface area contributed by atoms with Gasteiger partial charge < -0.3 is 14.4 Å². The van der Waals surface area contributed by atoms with E-state index in [0.29, 0.717) is 22.6 Å². The number of benzene rings is 3. The summed E-state index contributed by atoms with van der Waals surface area (Å²) in [6, 6.07) is 27.5. The van der Waals surface area contributed by atoms with Crippen LogP contribution in [0.3, 0.4) is 0 Å². The first-order valence-corrected chi connectivity index (χ1v) is 13.0. The molecule has 9 heteroatoms. The highest BCUT2D eigenvalue weighted by Gasteiger charge is 2.42. The summed E-state index contributed by atoms with van der Waals surface area (Å²) in [6.07, 6.45) is 6.20. The van der Waals surface area contributed by atoms with E-state index >= 15 is 0 Å². The molecule has 186 valence electrons. The Morgan fingerprint density at radius 3 is 2.00 bits per heavy atom. The number of amides is 1. The molecule has 1 heterocycles. The van der Waals surface area contributed by atoms with E-state index in [9.17, 15) is 9.36 Å². The summed E-state index contributed by atoms with van der Waals surface area (Å²) in [4.78, 5) is 17.1. The predicted octanol–water partition coefficient (Wildman–Crippen LogP) is 3.73. The van der Waals surface area contributed by atoms with Gasteiger partial charge in [-0.1, -0.05) is 54.6 Å². The summed E-state index contributed by atoms with van der Waals surface area (Å²) >= 11 is 0. The number of carbonyl (C=O) groups is 1. The molecular weight excluding hydrogens is 487 g/mol. The SMILES string of the molecule is NC(=[NH2+])c1ccc(C(NC(=O)/C=C/c2cccnc2)P(=O)(Oc2ccccc2)Oc2ccccc2)cc1. The van der Waals surface area contributed by atoms with Crippen LogP contribution in [0.5, 0.6) is 11.5 Å². The molecule has 0 aliphatic carbocycles. The highest BCUT2D eigenvalue weighted by atomic mass is 31.2. The molecule has 0 bridgehead atoms. The molecule has 0 fully saturated rings. The van der Waals surface area contributed by atoms with Crippen molar-refractivity contribution >= 4 is 25.4 Å². The number of nitrogens with two attached hydrogens (primary N) is 2. The first-order chi connectivity index (χ1) is 17.9. The van der Waals surface area contributed by atoms with Gasteiger partial charge in [0.1, 0.15) is 11.5 Å². The summed E-state index contributed by atoms with van der Waals surface area (Å²) in [5.74, 6) is -0.898. The fraction of sp³-hybridized carbons (Fsp3) is 0.0357. The van der Waals surface area contributed by atoms with E-state index in [4.69, 9.17) is 20.2 Å². The Labute approximate surface area is 214 Å². The molecule has 37 heavy (non-hydrogen) atoms. The topological polar surface area (TPSA) is 129 Å². The molecule has 0 spiro atoms. The van der Waals surface area contributed by atoms with Gasteiger partial charge in [0.15, 0.2) is 5.78 Å². The lowest BCUT2D eigenvalue weighted by molar-refractivity contribution is -0.117. The Kier molecular flexibility index (Phi) is 8.13. The Bertz CT molecular complexity index is 1370. The van der Waals surface area contributed by atoms with Crippen molar-refractivity contribution in [3.05, 3.63) is 132 Å². The molecule has 4 aromatic rings. The molecular formula is C28H26N4O4P+. The first-order valence-electron chi connectivity index (χ1n) is 11.4. The monoisotopic (exact) mass is 513 g/mol. The number of hydrogen-bond donors (Lipinski definition) is 3. The minimum atomic E-state index is -4.13. The quantitative estimate of drug-likeness (QED) is 0.128. The molecule has 8 nitrogen and oxygen atoms in total. The van der Waals surface area contributed by atoms with E-state index in [1.54, 1.807) is 97.3 Å². The van der Waals surface area contributed by atoms with Gasteiger partial charge in [0.2, 0.25) is 5.91 Å². The molecule has 0 radical (unpaired) electrons. The summed E-state index contributed by atoms with van der Waals surface area (Å²) in [6.45, 7) is 0. The summed E-state index contributed by atoms with van der Waals surface area (Å²) in [5, 5.41) is 8.52. The Morgan fingerprint density at radius 2 is 1.49 bits per heavy atom. The van der Waals surface area contributed by atoms with Gasteiger partial charge in [-0.2, -0.15) is 0 Å². The number of amidine groups is 1. The molecule has 5 N–H and O–H groups in total. The van der Waals surface area contributed by atoms with Gasteiger partial charge in [-0.05, 0) is 59.7 Å². The third-order valence-corrected chi connectivity index (χ3v) is 7.21. The largest absolute Gasteiger partial charge is 0.457 e. The van der Waals surface area contributed by atoms with Crippen LogP contribution in [0, 0.1) is 0 Å². The number of rotatable bonds is 10.